The Kier molecular flexibility index (Phi) is 3.34. The first-order valence-electron chi connectivity index (χ1n) is 7.06. The Morgan fingerprint density at radius 3 is 2.43 bits per heavy atom. The van der Waals surface area contributed by atoms with Gasteiger partial charge in [-0.3, -0.25) is 4.79 Å². The van der Waals surface area contributed by atoms with E-state index in [2.05, 4.69) is 31.0 Å². The molecule has 1 aromatic heterocycles. The molecule has 0 bridgehead atoms. The number of benzene rings is 2. The van der Waals surface area contributed by atoms with Crippen molar-refractivity contribution in [2.75, 3.05) is 0 Å². The average molecular weight is 279 g/mol. The Hall–Kier alpha value is -2.42. The van der Waals surface area contributed by atoms with E-state index in [1.54, 1.807) is 25.1 Å². The van der Waals surface area contributed by atoms with Gasteiger partial charge in [0.2, 0.25) is 5.89 Å². The predicted octanol–water partition coefficient (Wildman–Crippen LogP) is 4.82. The van der Waals surface area contributed by atoms with Crippen LogP contribution in [0.4, 0.5) is 0 Å². The number of nitrogens with zero attached hydrogens (tertiary/aromatic N) is 1. The molecular formula is C18H17NO2. The van der Waals surface area contributed by atoms with Crippen LogP contribution >= 0.6 is 0 Å². The monoisotopic (exact) mass is 279 g/mol. The number of rotatable bonds is 3. The number of hydrogen-bond donors (Lipinski definition) is 0. The summed E-state index contributed by atoms with van der Waals surface area (Å²) < 4.78 is 5.77. The fourth-order valence-electron chi connectivity index (χ4n) is 2.28. The molecule has 0 N–H and O–H groups in total. The van der Waals surface area contributed by atoms with Crippen molar-refractivity contribution in [2.45, 2.75) is 26.7 Å². The molecule has 2 aromatic carbocycles. The van der Waals surface area contributed by atoms with Gasteiger partial charge in [0.25, 0.3) is 0 Å². The lowest BCUT2D eigenvalue weighted by molar-refractivity contribution is 0.101. The summed E-state index contributed by atoms with van der Waals surface area (Å²) in [6.45, 7) is 5.88. The molecule has 0 amide bonds. The fraction of sp³-hybridized carbons (Fsp3) is 0.222. The molecule has 0 aliphatic rings. The van der Waals surface area contributed by atoms with Crippen LogP contribution in [-0.2, 0) is 0 Å². The first kappa shape index (κ1) is 13.6. The summed E-state index contributed by atoms with van der Waals surface area (Å²) in [6, 6.07) is 13.6. The molecule has 0 aliphatic carbocycles. The molecule has 1 heterocycles. The molecule has 3 aromatic rings. The first-order chi connectivity index (χ1) is 10.0. The first-order valence-corrected chi connectivity index (χ1v) is 7.06. The molecule has 106 valence electrons. The minimum atomic E-state index is 0.0303. The summed E-state index contributed by atoms with van der Waals surface area (Å²) in [6.07, 6.45) is 0. The standard InChI is InChI=1S/C18H17NO2/c1-11(2)13-4-6-14(7-5-13)18-19-16-10-15(12(3)20)8-9-17(16)21-18/h4-11H,1-3H3. The number of ketones is 1. The Balaban J connectivity index is 2.02. The second-order valence-corrected chi connectivity index (χ2v) is 5.53. The highest BCUT2D eigenvalue weighted by molar-refractivity contribution is 5.97. The van der Waals surface area contributed by atoms with Crippen LogP contribution in [0.2, 0.25) is 0 Å². The minimum absolute atomic E-state index is 0.0303. The van der Waals surface area contributed by atoms with Gasteiger partial charge in [-0.15, -0.1) is 0 Å². The molecule has 0 saturated heterocycles. The van der Waals surface area contributed by atoms with Gasteiger partial charge in [-0.25, -0.2) is 4.98 Å². The smallest absolute Gasteiger partial charge is 0.227 e. The van der Waals surface area contributed by atoms with Gasteiger partial charge in [-0.05, 0) is 48.7 Å². The predicted molar refractivity (Wildman–Crippen MR) is 83.5 cm³/mol. The van der Waals surface area contributed by atoms with E-state index >= 15 is 0 Å². The van der Waals surface area contributed by atoms with Crippen molar-refractivity contribution < 1.29 is 9.21 Å². The molecule has 0 fully saturated rings. The number of Topliss-reactive ketones (excluding diaryl/α,β-unsaturated/α-hetero) is 1. The van der Waals surface area contributed by atoms with E-state index in [4.69, 9.17) is 4.42 Å². The molecule has 0 saturated carbocycles. The average Bonchev–Trinajstić information content (AvgIpc) is 2.90. The zero-order valence-corrected chi connectivity index (χ0v) is 12.4. The van der Waals surface area contributed by atoms with Crippen molar-refractivity contribution in [2.24, 2.45) is 0 Å². The quantitative estimate of drug-likeness (QED) is 0.645. The third kappa shape index (κ3) is 2.59. The van der Waals surface area contributed by atoms with Gasteiger partial charge in [0.05, 0.1) is 0 Å². The van der Waals surface area contributed by atoms with Crippen LogP contribution < -0.4 is 0 Å². The summed E-state index contributed by atoms with van der Waals surface area (Å²) in [5.41, 5.74) is 4.29. The van der Waals surface area contributed by atoms with E-state index in [1.807, 2.05) is 12.1 Å². The largest absolute Gasteiger partial charge is 0.436 e. The molecule has 21 heavy (non-hydrogen) atoms. The minimum Gasteiger partial charge on any atom is -0.436 e. The van der Waals surface area contributed by atoms with Crippen molar-refractivity contribution in [3.8, 4) is 11.5 Å². The SMILES string of the molecule is CC(=O)c1ccc2oc(-c3ccc(C(C)C)cc3)nc2c1. The van der Waals surface area contributed by atoms with E-state index in [-0.39, 0.29) is 5.78 Å². The third-order valence-electron chi connectivity index (χ3n) is 3.62. The highest BCUT2D eigenvalue weighted by atomic mass is 16.3. The summed E-state index contributed by atoms with van der Waals surface area (Å²) in [5.74, 6) is 1.12. The fourth-order valence-corrected chi connectivity index (χ4v) is 2.28. The van der Waals surface area contributed by atoms with Crippen molar-refractivity contribution >= 4 is 16.9 Å². The lowest BCUT2D eigenvalue weighted by atomic mass is 10.0. The molecule has 0 atom stereocenters. The molecular weight excluding hydrogens is 262 g/mol. The van der Waals surface area contributed by atoms with Crippen molar-refractivity contribution in [3.05, 3.63) is 53.6 Å². The molecule has 0 unspecified atom stereocenters. The van der Waals surface area contributed by atoms with Gasteiger partial charge in [0, 0.05) is 11.1 Å². The van der Waals surface area contributed by atoms with Gasteiger partial charge < -0.3 is 4.42 Å². The maximum atomic E-state index is 11.4. The van der Waals surface area contributed by atoms with Crippen molar-refractivity contribution in [3.63, 3.8) is 0 Å². The number of hydrogen-bond acceptors (Lipinski definition) is 3. The molecule has 3 nitrogen and oxygen atoms in total. The molecule has 3 heteroatoms. The number of carbonyl (C=O) groups is 1. The maximum absolute atomic E-state index is 11.4. The molecule has 0 spiro atoms. The Morgan fingerprint density at radius 1 is 1.10 bits per heavy atom. The van der Waals surface area contributed by atoms with Gasteiger partial charge in [0.15, 0.2) is 11.4 Å². The lowest BCUT2D eigenvalue weighted by Crippen LogP contribution is -1.90. The van der Waals surface area contributed by atoms with Gasteiger partial charge in [-0.2, -0.15) is 0 Å². The van der Waals surface area contributed by atoms with Gasteiger partial charge in [-0.1, -0.05) is 26.0 Å². The van der Waals surface area contributed by atoms with Gasteiger partial charge in [0.1, 0.15) is 5.52 Å². The second-order valence-electron chi connectivity index (χ2n) is 5.53. The number of carbonyl (C=O) groups excluding carboxylic acids is 1. The normalized spacial score (nSPS) is 11.2. The topological polar surface area (TPSA) is 43.1 Å². The van der Waals surface area contributed by atoms with Gasteiger partial charge >= 0.3 is 0 Å². The van der Waals surface area contributed by atoms with E-state index in [0.29, 0.717) is 28.5 Å². The van der Waals surface area contributed by atoms with E-state index < -0.39 is 0 Å². The number of aromatic nitrogens is 1. The van der Waals surface area contributed by atoms with Crippen LogP contribution in [0.15, 0.2) is 46.9 Å². The van der Waals surface area contributed by atoms with Crippen LogP contribution in [0.5, 0.6) is 0 Å². The number of oxazole rings is 1. The van der Waals surface area contributed by atoms with Crippen LogP contribution in [-0.4, -0.2) is 10.8 Å². The Labute approximate surface area is 123 Å². The third-order valence-corrected chi connectivity index (χ3v) is 3.62. The molecule has 0 radical (unpaired) electrons. The van der Waals surface area contributed by atoms with Crippen molar-refractivity contribution in [1.82, 2.24) is 4.98 Å². The molecule has 0 aliphatic heterocycles. The summed E-state index contributed by atoms with van der Waals surface area (Å²) in [7, 11) is 0. The summed E-state index contributed by atoms with van der Waals surface area (Å²) in [4.78, 5) is 15.9. The van der Waals surface area contributed by atoms with E-state index in [9.17, 15) is 4.79 Å². The number of fused-ring (bicyclic) bond motifs is 1. The summed E-state index contributed by atoms with van der Waals surface area (Å²) in [5, 5.41) is 0. The Bertz CT molecular complexity index is 798. The second kappa shape index (κ2) is 5.17. The lowest BCUT2D eigenvalue weighted by Gasteiger charge is -2.04. The summed E-state index contributed by atoms with van der Waals surface area (Å²) >= 11 is 0. The molecule has 3 rings (SSSR count). The zero-order valence-electron chi connectivity index (χ0n) is 12.4. The zero-order chi connectivity index (χ0) is 15.0. The van der Waals surface area contributed by atoms with Crippen molar-refractivity contribution in [1.29, 1.82) is 0 Å². The highest BCUT2D eigenvalue weighted by Crippen LogP contribution is 2.26. The van der Waals surface area contributed by atoms with E-state index in [1.165, 1.54) is 5.56 Å². The Morgan fingerprint density at radius 2 is 1.81 bits per heavy atom. The van der Waals surface area contributed by atoms with E-state index in [0.717, 1.165) is 5.56 Å². The highest BCUT2D eigenvalue weighted by Gasteiger charge is 2.10. The maximum Gasteiger partial charge on any atom is 0.227 e. The van der Waals surface area contributed by atoms with Crippen LogP contribution in [0.1, 0.15) is 42.6 Å². The van der Waals surface area contributed by atoms with Crippen LogP contribution in [0.3, 0.4) is 0 Å². The van der Waals surface area contributed by atoms with Crippen LogP contribution in [0.25, 0.3) is 22.6 Å². The van der Waals surface area contributed by atoms with Crippen LogP contribution in [0, 0.1) is 0 Å².